The molecule has 14 heavy (non-hydrogen) atoms. The molecule has 0 fully saturated rings. The van der Waals surface area contributed by atoms with E-state index in [2.05, 4.69) is 0 Å². The molecule has 0 atom stereocenters. The first-order valence-electron chi connectivity index (χ1n) is 4.24. The Kier molecular flexibility index (Phi) is 4.79. The Morgan fingerprint density at radius 2 is 1.93 bits per heavy atom. The summed E-state index contributed by atoms with van der Waals surface area (Å²) in [5, 5.41) is 9.47. The molecule has 3 nitrogen and oxygen atoms in total. The van der Waals surface area contributed by atoms with Crippen LogP contribution in [-0.2, 0) is 9.47 Å². The number of thioether (sulfide) groups is 1. The van der Waals surface area contributed by atoms with Crippen molar-refractivity contribution < 1.29 is 14.6 Å². The summed E-state index contributed by atoms with van der Waals surface area (Å²) in [6.45, 7) is 0. The second-order valence-corrected chi connectivity index (χ2v) is 3.74. The lowest BCUT2D eigenvalue weighted by atomic mass is 10.3. The van der Waals surface area contributed by atoms with Crippen molar-refractivity contribution in [2.24, 2.45) is 0 Å². The molecule has 0 heterocycles. The lowest BCUT2D eigenvalue weighted by molar-refractivity contribution is -0.0842. The lowest BCUT2D eigenvalue weighted by Gasteiger charge is -2.12. The molecule has 4 heteroatoms. The number of ether oxygens (including phenoxy) is 2. The molecule has 0 spiro atoms. The Morgan fingerprint density at radius 3 is 2.50 bits per heavy atom. The van der Waals surface area contributed by atoms with Gasteiger partial charge < -0.3 is 14.6 Å². The number of aromatic hydroxyl groups is 1. The van der Waals surface area contributed by atoms with Gasteiger partial charge in [-0.05, 0) is 12.1 Å². The van der Waals surface area contributed by atoms with Gasteiger partial charge in [-0.3, -0.25) is 0 Å². The fourth-order valence-electron chi connectivity index (χ4n) is 0.969. The number of hydrogen-bond donors (Lipinski definition) is 1. The van der Waals surface area contributed by atoms with Gasteiger partial charge in [-0.25, -0.2) is 0 Å². The molecule has 0 amide bonds. The Bertz CT molecular complexity index is 274. The maximum absolute atomic E-state index is 9.47. The average Bonchev–Trinajstić information content (AvgIpc) is 2.22. The minimum Gasteiger partial charge on any atom is -0.507 e. The standard InChI is InChI=1S/C10H14O3S/c1-12-10(13-2)7-14-9-6-4-3-5-8(9)11/h3-6,10-11H,7H2,1-2H3. The molecule has 78 valence electrons. The largest absolute Gasteiger partial charge is 0.507 e. The van der Waals surface area contributed by atoms with Gasteiger partial charge in [0.2, 0.25) is 0 Å². The van der Waals surface area contributed by atoms with E-state index in [0.717, 1.165) is 4.90 Å². The van der Waals surface area contributed by atoms with Gasteiger partial charge in [0.1, 0.15) is 5.75 Å². The van der Waals surface area contributed by atoms with Crippen LogP contribution in [0.4, 0.5) is 0 Å². The minimum absolute atomic E-state index is 0.236. The molecule has 0 aliphatic carbocycles. The quantitative estimate of drug-likeness (QED) is 0.602. The van der Waals surface area contributed by atoms with Crippen LogP contribution in [0.15, 0.2) is 29.2 Å². The van der Waals surface area contributed by atoms with Crippen molar-refractivity contribution in [2.45, 2.75) is 11.2 Å². The van der Waals surface area contributed by atoms with Crippen LogP contribution in [-0.4, -0.2) is 31.4 Å². The third-order valence-electron chi connectivity index (χ3n) is 1.77. The normalized spacial score (nSPS) is 10.8. The van der Waals surface area contributed by atoms with Crippen molar-refractivity contribution in [2.75, 3.05) is 20.0 Å². The zero-order valence-corrected chi connectivity index (χ0v) is 9.08. The highest BCUT2D eigenvalue weighted by molar-refractivity contribution is 7.99. The van der Waals surface area contributed by atoms with Crippen LogP contribution in [0.2, 0.25) is 0 Å². The fraction of sp³-hybridized carbons (Fsp3) is 0.400. The summed E-state index contributed by atoms with van der Waals surface area (Å²) in [5.74, 6) is 0.952. The molecule has 0 aromatic heterocycles. The molecule has 1 aromatic rings. The highest BCUT2D eigenvalue weighted by Gasteiger charge is 2.07. The van der Waals surface area contributed by atoms with Gasteiger partial charge in [0.25, 0.3) is 0 Å². The molecule has 0 aliphatic heterocycles. The van der Waals surface area contributed by atoms with Gasteiger partial charge >= 0.3 is 0 Å². The van der Waals surface area contributed by atoms with E-state index in [1.165, 1.54) is 11.8 Å². The van der Waals surface area contributed by atoms with E-state index in [9.17, 15) is 5.11 Å². The van der Waals surface area contributed by atoms with Crippen molar-refractivity contribution in [1.82, 2.24) is 0 Å². The molecule has 0 saturated heterocycles. The van der Waals surface area contributed by atoms with Crippen LogP contribution in [0.5, 0.6) is 5.75 Å². The van der Waals surface area contributed by atoms with E-state index in [4.69, 9.17) is 9.47 Å². The first-order chi connectivity index (χ1) is 6.77. The minimum atomic E-state index is -0.236. The molecule has 0 bridgehead atoms. The van der Waals surface area contributed by atoms with Gasteiger partial charge in [0.05, 0.1) is 0 Å². The Morgan fingerprint density at radius 1 is 1.29 bits per heavy atom. The van der Waals surface area contributed by atoms with E-state index in [-0.39, 0.29) is 6.29 Å². The predicted molar refractivity (Wildman–Crippen MR) is 56.6 cm³/mol. The Hall–Kier alpha value is -0.710. The lowest BCUT2D eigenvalue weighted by Crippen LogP contribution is -2.15. The third kappa shape index (κ3) is 3.21. The van der Waals surface area contributed by atoms with Crippen molar-refractivity contribution in [3.63, 3.8) is 0 Å². The zero-order chi connectivity index (χ0) is 10.4. The highest BCUT2D eigenvalue weighted by atomic mass is 32.2. The maximum Gasteiger partial charge on any atom is 0.166 e. The highest BCUT2D eigenvalue weighted by Crippen LogP contribution is 2.28. The number of benzene rings is 1. The van der Waals surface area contributed by atoms with Crippen LogP contribution in [0.3, 0.4) is 0 Å². The average molecular weight is 214 g/mol. The van der Waals surface area contributed by atoms with Crippen molar-refractivity contribution in [1.29, 1.82) is 0 Å². The number of phenols is 1. The summed E-state index contributed by atoms with van der Waals surface area (Å²) in [7, 11) is 3.19. The van der Waals surface area contributed by atoms with Crippen molar-refractivity contribution in [3.05, 3.63) is 24.3 Å². The number of methoxy groups -OCH3 is 2. The van der Waals surface area contributed by atoms with Gasteiger partial charge in [0, 0.05) is 24.9 Å². The maximum atomic E-state index is 9.47. The predicted octanol–water partition coefficient (Wildman–Crippen LogP) is 2.10. The van der Waals surface area contributed by atoms with Gasteiger partial charge in [-0.15, -0.1) is 11.8 Å². The molecular formula is C10H14O3S. The van der Waals surface area contributed by atoms with E-state index in [1.807, 2.05) is 12.1 Å². The first-order valence-corrected chi connectivity index (χ1v) is 5.23. The van der Waals surface area contributed by atoms with Crippen molar-refractivity contribution in [3.8, 4) is 5.75 Å². The Labute approximate surface area is 88.0 Å². The summed E-state index contributed by atoms with van der Waals surface area (Å²) in [6, 6.07) is 7.21. The summed E-state index contributed by atoms with van der Waals surface area (Å²) >= 11 is 1.50. The number of hydrogen-bond acceptors (Lipinski definition) is 4. The van der Waals surface area contributed by atoms with Crippen molar-refractivity contribution >= 4 is 11.8 Å². The van der Waals surface area contributed by atoms with E-state index >= 15 is 0 Å². The van der Waals surface area contributed by atoms with E-state index in [0.29, 0.717) is 11.5 Å². The fourth-order valence-corrected chi connectivity index (χ4v) is 1.95. The number of rotatable bonds is 5. The van der Waals surface area contributed by atoms with Crippen LogP contribution in [0.25, 0.3) is 0 Å². The van der Waals surface area contributed by atoms with Crippen LogP contribution in [0.1, 0.15) is 0 Å². The Balaban J connectivity index is 2.49. The molecule has 0 saturated carbocycles. The summed E-state index contributed by atoms with van der Waals surface area (Å²) < 4.78 is 10.1. The first kappa shape index (κ1) is 11.4. The van der Waals surface area contributed by atoms with Gasteiger partial charge in [0.15, 0.2) is 6.29 Å². The topological polar surface area (TPSA) is 38.7 Å². The molecule has 1 aromatic carbocycles. The monoisotopic (exact) mass is 214 g/mol. The van der Waals surface area contributed by atoms with Crippen LogP contribution < -0.4 is 0 Å². The van der Waals surface area contributed by atoms with Crippen LogP contribution in [0, 0.1) is 0 Å². The second kappa shape index (κ2) is 5.90. The smallest absolute Gasteiger partial charge is 0.166 e. The number of phenolic OH excluding ortho intramolecular Hbond substituents is 1. The summed E-state index contributed by atoms with van der Waals surface area (Å²) in [6.07, 6.45) is -0.236. The number of para-hydroxylation sites is 1. The van der Waals surface area contributed by atoms with E-state index < -0.39 is 0 Å². The van der Waals surface area contributed by atoms with Crippen LogP contribution >= 0.6 is 11.8 Å². The van der Waals surface area contributed by atoms with Gasteiger partial charge in [-0.2, -0.15) is 0 Å². The second-order valence-electron chi connectivity index (χ2n) is 2.68. The van der Waals surface area contributed by atoms with E-state index in [1.54, 1.807) is 26.4 Å². The summed E-state index contributed by atoms with van der Waals surface area (Å²) in [5.41, 5.74) is 0. The molecular weight excluding hydrogens is 200 g/mol. The third-order valence-corrected chi connectivity index (χ3v) is 2.86. The zero-order valence-electron chi connectivity index (χ0n) is 8.27. The summed E-state index contributed by atoms with van der Waals surface area (Å²) in [4.78, 5) is 0.839. The molecule has 1 rings (SSSR count). The SMILES string of the molecule is COC(CSc1ccccc1O)OC. The molecule has 1 N–H and O–H groups in total. The molecule has 0 unspecified atom stereocenters. The molecule has 0 aliphatic rings. The molecule has 0 radical (unpaired) electrons. The van der Waals surface area contributed by atoms with Gasteiger partial charge in [-0.1, -0.05) is 12.1 Å².